The first-order valence-electron chi connectivity index (χ1n) is 19.8. The first-order valence-corrected chi connectivity index (χ1v) is 19.8. The van der Waals surface area contributed by atoms with Crippen LogP contribution in [0.25, 0.3) is 0 Å². The van der Waals surface area contributed by atoms with Gasteiger partial charge in [0.25, 0.3) is 0 Å². The second kappa shape index (κ2) is 14.9. The SMILES string of the molecule is CC(C)C1NCCC2CCCOC3CCCC(F)C3C3NC4C(CC3F)C(N3CCC5C3CN5C(=O)/C=C/CN3CCOCC3)NC(=O)N4C21. The number of nitrogens with zero attached hydrogens (tertiary/aromatic N) is 4. The van der Waals surface area contributed by atoms with Gasteiger partial charge in [-0.15, -0.1) is 0 Å². The molecule has 0 spiro atoms. The quantitative estimate of drug-likeness (QED) is 0.376. The second-order valence-electron chi connectivity index (χ2n) is 16.7. The van der Waals surface area contributed by atoms with Crippen LogP contribution in [-0.2, 0) is 14.3 Å². The highest BCUT2D eigenvalue weighted by molar-refractivity contribution is 5.88. The van der Waals surface area contributed by atoms with Gasteiger partial charge in [-0.1, -0.05) is 19.9 Å². The van der Waals surface area contributed by atoms with E-state index in [2.05, 4.69) is 39.6 Å². The molecule has 7 aliphatic heterocycles. The number of piperidine rings is 2. The lowest BCUT2D eigenvalue weighted by Crippen LogP contribution is -2.80. The topological polar surface area (TPSA) is 102 Å². The summed E-state index contributed by atoms with van der Waals surface area (Å²) in [5, 5.41) is 10.8. The fraction of sp³-hybridized carbons (Fsp3) is 0.892. The van der Waals surface area contributed by atoms with E-state index in [4.69, 9.17) is 9.47 Å². The van der Waals surface area contributed by atoms with Gasteiger partial charge in [-0.05, 0) is 69.7 Å². The minimum absolute atomic E-state index is 0.0335. The van der Waals surface area contributed by atoms with Gasteiger partial charge in [-0.3, -0.25) is 19.9 Å². The number of amides is 3. The van der Waals surface area contributed by atoms with Crippen LogP contribution in [-0.4, -0.2) is 152 Å². The van der Waals surface area contributed by atoms with Crippen LogP contribution in [0.5, 0.6) is 0 Å². The molecule has 11 nitrogen and oxygen atoms in total. The van der Waals surface area contributed by atoms with E-state index < -0.39 is 30.5 Å². The van der Waals surface area contributed by atoms with E-state index in [0.717, 1.165) is 84.5 Å². The zero-order valence-electron chi connectivity index (χ0n) is 29.9. The van der Waals surface area contributed by atoms with Crippen LogP contribution in [0.3, 0.4) is 0 Å². The number of hydrogen-bond acceptors (Lipinski definition) is 8. The normalized spacial score (nSPS) is 44.4. The lowest BCUT2D eigenvalue weighted by Gasteiger charge is -2.60. The summed E-state index contributed by atoms with van der Waals surface area (Å²) in [7, 11) is 0. The number of urea groups is 1. The summed E-state index contributed by atoms with van der Waals surface area (Å²) in [6, 6.07) is -0.613. The first-order chi connectivity index (χ1) is 24.3. The van der Waals surface area contributed by atoms with Gasteiger partial charge in [0, 0.05) is 75.4 Å². The summed E-state index contributed by atoms with van der Waals surface area (Å²) in [6.07, 6.45) is 5.91. The zero-order valence-corrected chi connectivity index (χ0v) is 29.9. The molecule has 8 aliphatic rings. The van der Waals surface area contributed by atoms with Crippen LogP contribution < -0.4 is 16.0 Å². The molecule has 0 aromatic heterocycles. The molecule has 0 aromatic rings. The number of hydrogen-bond donors (Lipinski definition) is 3. The predicted octanol–water partition coefficient (Wildman–Crippen LogP) is 2.47. The Kier molecular flexibility index (Phi) is 10.4. The van der Waals surface area contributed by atoms with Crippen molar-refractivity contribution in [2.24, 2.45) is 23.7 Å². The number of morpholine rings is 1. The molecule has 7 saturated heterocycles. The van der Waals surface area contributed by atoms with Gasteiger partial charge >= 0.3 is 6.03 Å². The Morgan fingerprint density at radius 3 is 2.64 bits per heavy atom. The summed E-state index contributed by atoms with van der Waals surface area (Å²) < 4.78 is 44.4. The van der Waals surface area contributed by atoms with E-state index in [1.54, 1.807) is 6.08 Å². The first kappa shape index (κ1) is 35.1. The summed E-state index contributed by atoms with van der Waals surface area (Å²) in [5.41, 5.74) is 0. The van der Waals surface area contributed by atoms with Crippen molar-refractivity contribution >= 4 is 11.9 Å². The lowest BCUT2D eigenvalue weighted by atomic mass is 9.72. The minimum Gasteiger partial charge on any atom is -0.379 e. The third kappa shape index (κ3) is 6.50. The van der Waals surface area contributed by atoms with Gasteiger partial charge in [-0.25, -0.2) is 13.6 Å². The van der Waals surface area contributed by atoms with E-state index in [1.165, 1.54) is 0 Å². The van der Waals surface area contributed by atoms with Gasteiger partial charge in [0.05, 0.1) is 43.7 Å². The van der Waals surface area contributed by atoms with Crippen molar-refractivity contribution in [2.75, 3.05) is 59.1 Å². The van der Waals surface area contributed by atoms with Crippen molar-refractivity contribution in [3.8, 4) is 0 Å². The third-order valence-electron chi connectivity index (χ3n) is 13.6. The Morgan fingerprint density at radius 2 is 1.82 bits per heavy atom. The number of ether oxygens (including phenoxy) is 2. The van der Waals surface area contributed by atoms with Crippen LogP contribution in [0.1, 0.15) is 65.2 Å². The Balaban J connectivity index is 1.04. The van der Waals surface area contributed by atoms with E-state index in [-0.39, 0.29) is 66.6 Å². The second-order valence-corrected chi connectivity index (χ2v) is 16.7. The predicted molar refractivity (Wildman–Crippen MR) is 185 cm³/mol. The fourth-order valence-electron chi connectivity index (χ4n) is 11.1. The molecule has 8 fully saturated rings. The van der Waals surface area contributed by atoms with Crippen LogP contribution in [0.4, 0.5) is 13.6 Å². The number of rotatable bonds is 5. The fourth-order valence-corrected chi connectivity index (χ4v) is 11.1. The Hall–Kier alpha value is -1.90. The molecule has 3 N–H and O–H groups in total. The Labute approximate surface area is 296 Å². The van der Waals surface area contributed by atoms with Gasteiger partial charge in [0.2, 0.25) is 5.91 Å². The van der Waals surface area contributed by atoms with Crippen molar-refractivity contribution in [1.82, 2.24) is 35.6 Å². The summed E-state index contributed by atoms with van der Waals surface area (Å²) in [6.45, 7) is 11.2. The molecular weight excluding hydrogens is 644 g/mol. The molecule has 1 aliphatic carbocycles. The highest BCUT2D eigenvalue weighted by Gasteiger charge is 2.60. The number of halogens is 2. The Morgan fingerprint density at radius 1 is 0.980 bits per heavy atom. The van der Waals surface area contributed by atoms with Crippen LogP contribution in [0, 0.1) is 23.7 Å². The molecule has 1 saturated carbocycles. The summed E-state index contributed by atoms with van der Waals surface area (Å²) in [4.78, 5) is 36.5. The average Bonchev–Trinajstić information content (AvgIpc) is 3.41. The molecule has 50 heavy (non-hydrogen) atoms. The monoisotopic (exact) mass is 703 g/mol. The molecule has 3 amide bonds. The van der Waals surface area contributed by atoms with Gasteiger partial charge in [0.1, 0.15) is 12.3 Å². The van der Waals surface area contributed by atoms with E-state index in [0.29, 0.717) is 25.5 Å². The van der Waals surface area contributed by atoms with Crippen molar-refractivity contribution in [3.63, 3.8) is 0 Å². The molecule has 0 radical (unpaired) electrons. The highest BCUT2D eigenvalue weighted by Crippen LogP contribution is 2.45. The van der Waals surface area contributed by atoms with Gasteiger partial charge in [-0.2, -0.15) is 0 Å². The average molecular weight is 704 g/mol. The van der Waals surface area contributed by atoms with E-state index in [1.807, 2.05) is 15.9 Å². The number of alkyl halides is 2. The maximum absolute atomic E-state index is 16.7. The molecule has 13 heteroatoms. The number of nitrogens with one attached hydrogen (secondary N) is 3. The van der Waals surface area contributed by atoms with Crippen molar-refractivity contribution in [3.05, 3.63) is 12.2 Å². The molecule has 13 unspecified atom stereocenters. The molecule has 280 valence electrons. The highest BCUT2D eigenvalue weighted by atomic mass is 19.1. The summed E-state index contributed by atoms with van der Waals surface area (Å²) in [5.74, 6) is -0.193. The van der Waals surface area contributed by atoms with Crippen LogP contribution in [0.15, 0.2) is 12.2 Å². The largest absolute Gasteiger partial charge is 0.379 e. The summed E-state index contributed by atoms with van der Waals surface area (Å²) >= 11 is 0. The van der Waals surface area contributed by atoms with Crippen LogP contribution in [0.2, 0.25) is 0 Å². The van der Waals surface area contributed by atoms with Crippen molar-refractivity contribution in [2.45, 2.75) is 126 Å². The molecule has 2 bridgehead atoms. The maximum atomic E-state index is 16.7. The van der Waals surface area contributed by atoms with Gasteiger partial charge < -0.3 is 29.9 Å². The smallest absolute Gasteiger partial charge is 0.320 e. The lowest BCUT2D eigenvalue weighted by molar-refractivity contribution is -0.141. The molecular formula is C37H59F2N7O4. The van der Waals surface area contributed by atoms with Crippen molar-refractivity contribution < 1.29 is 27.8 Å². The number of fused-ring (bicyclic) bond motifs is 6. The van der Waals surface area contributed by atoms with Crippen molar-refractivity contribution in [1.29, 1.82) is 0 Å². The zero-order chi connectivity index (χ0) is 34.5. The standard InChI is InChI=1S/C37H59F2N7O4/c1-22(2)32-34-23(10-12-40-32)6-5-17-50-29-8-3-7-25(38)31(29)33-26(39)20-24-35(42-37(48)46(34)36(24)41-33)44-14-11-27-28(44)21-45(27)30(47)9-4-13-43-15-18-49-19-16-43/h4,9,22-29,31-36,40-41H,3,5-8,10-21H2,1-2H3,(H,42,48)/b9-4+. The third-order valence-corrected chi connectivity index (χ3v) is 13.6. The van der Waals surface area contributed by atoms with E-state index in [9.17, 15) is 9.59 Å². The number of carbonyl (C=O) groups is 2. The van der Waals surface area contributed by atoms with Crippen LogP contribution >= 0.6 is 0 Å². The van der Waals surface area contributed by atoms with E-state index >= 15 is 8.78 Å². The molecule has 0 aromatic carbocycles. The number of carbonyl (C=O) groups excluding carboxylic acids is 2. The minimum atomic E-state index is -1.26. The Bertz CT molecular complexity index is 1260. The molecule has 7 heterocycles. The maximum Gasteiger partial charge on any atom is 0.320 e. The molecule has 8 rings (SSSR count). The molecule has 13 atom stereocenters. The van der Waals surface area contributed by atoms with Gasteiger partial charge in [0.15, 0.2) is 0 Å². The number of likely N-dealkylation sites (tertiary alicyclic amines) is 2.